The summed E-state index contributed by atoms with van der Waals surface area (Å²) in [5.41, 5.74) is 1.93. The molecule has 0 atom stereocenters. The third-order valence-corrected chi connectivity index (χ3v) is 2.48. The van der Waals surface area contributed by atoms with Crippen molar-refractivity contribution in [1.29, 1.82) is 0 Å². The van der Waals surface area contributed by atoms with Gasteiger partial charge in [-0.25, -0.2) is 0 Å². The van der Waals surface area contributed by atoms with Gasteiger partial charge in [-0.1, -0.05) is 15.9 Å². The fraction of sp³-hybridized carbons (Fsp3) is 0.200. The molecule has 3 heteroatoms. The van der Waals surface area contributed by atoms with Crippen LogP contribution in [0, 0.1) is 6.92 Å². The number of hydrogen-bond acceptors (Lipinski definition) is 2. The number of rotatable bonds is 1. The van der Waals surface area contributed by atoms with Gasteiger partial charge in [-0.05, 0) is 24.6 Å². The Kier molecular flexibility index (Phi) is 2.04. The zero-order valence-electron chi connectivity index (χ0n) is 7.43. The first-order valence-corrected chi connectivity index (χ1v) is 4.73. The maximum absolute atomic E-state index is 5.38. The van der Waals surface area contributed by atoms with Crippen molar-refractivity contribution in [3.05, 3.63) is 28.4 Å². The summed E-state index contributed by atoms with van der Waals surface area (Å²) in [5, 5.41) is 1.09. The second kappa shape index (κ2) is 3.07. The lowest BCUT2D eigenvalue weighted by Crippen LogP contribution is -1.83. The number of ether oxygens (including phenoxy) is 1. The van der Waals surface area contributed by atoms with E-state index in [2.05, 4.69) is 15.9 Å². The first-order chi connectivity index (χ1) is 6.22. The second-order valence-corrected chi connectivity index (χ2v) is 3.82. The molecule has 1 aromatic heterocycles. The quantitative estimate of drug-likeness (QED) is 0.762. The summed E-state index contributed by atoms with van der Waals surface area (Å²) in [5.74, 6) is 0.762. The van der Waals surface area contributed by atoms with Gasteiger partial charge in [0.2, 0.25) is 0 Å². The van der Waals surface area contributed by atoms with Crippen molar-refractivity contribution < 1.29 is 9.15 Å². The van der Waals surface area contributed by atoms with E-state index in [1.165, 1.54) is 0 Å². The minimum absolute atomic E-state index is 0.762. The van der Waals surface area contributed by atoms with Crippen molar-refractivity contribution in [2.24, 2.45) is 0 Å². The molecule has 68 valence electrons. The van der Waals surface area contributed by atoms with E-state index >= 15 is 0 Å². The van der Waals surface area contributed by atoms with E-state index in [4.69, 9.17) is 9.15 Å². The number of methoxy groups -OCH3 is 1. The summed E-state index contributed by atoms with van der Waals surface area (Å²) in [6, 6.07) is 3.92. The van der Waals surface area contributed by atoms with Crippen molar-refractivity contribution in [3.8, 4) is 5.75 Å². The van der Waals surface area contributed by atoms with Crippen molar-refractivity contribution >= 4 is 26.9 Å². The van der Waals surface area contributed by atoms with Gasteiger partial charge in [-0.3, -0.25) is 0 Å². The van der Waals surface area contributed by atoms with Crippen LogP contribution in [0.25, 0.3) is 11.0 Å². The Balaban J connectivity index is 2.84. The summed E-state index contributed by atoms with van der Waals surface area (Å²) < 4.78 is 11.6. The topological polar surface area (TPSA) is 22.4 Å². The fourth-order valence-corrected chi connectivity index (χ4v) is 1.78. The summed E-state index contributed by atoms with van der Waals surface area (Å²) in [6.45, 7) is 2.01. The molecule has 0 aliphatic carbocycles. The zero-order chi connectivity index (χ0) is 9.42. The molecule has 0 aliphatic rings. The van der Waals surface area contributed by atoms with Crippen molar-refractivity contribution in [2.45, 2.75) is 6.92 Å². The summed E-state index contributed by atoms with van der Waals surface area (Å²) in [4.78, 5) is 0. The molecule has 0 N–H and O–H groups in total. The standard InChI is InChI=1S/C10H9BrO2/c1-6-5-13-10-8(6)3-7(11)4-9(10)12-2/h3-5H,1-2H3. The number of benzene rings is 1. The average molecular weight is 241 g/mol. The Morgan fingerprint density at radius 1 is 1.38 bits per heavy atom. The van der Waals surface area contributed by atoms with Gasteiger partial charge in [0.25, 0.3) is 0 Å². The summed E-state index contributed by atoms with van der Waals surface area (Å²) in [6.07, 6.45) is 1.74. The molecule has 0 fully saturated rings. The molecule has 1 heterocycles. The van der Waals surface area contributed by atoms with E-state index < -0.39 is 0 Å². The number of fused-ring (bicyclic) bond motifs is 1. The zero-order valence-corrected chi connectivity index (χ0v) is 9.01. The first-order valence-electron chi connectivity index (χ1n) is 3.93. The Morgan fingerprint density at radius 3 is 2.85 bits per heavy atom. The molecule has 2 rings (SSSR count). The highest BCUT2D eigenvalue weighted by molar-refractivity contribution is 9.10. The van der Waals surface area contributed by atoms with Gasteiger partial charge in [0.05, 0.1) is 13.4 Å². The third kappa shape index (κ3) is 1.33. The average Bonchev–Trinajstić information content (AvgIpc) is 2.47. The molecule has 0 saturated heterocycles. The fourth-order valence-electron chi connectivity index (χ4n) is 1.35. The van der Waals surface area contributed by atoms with Crippen LogP contribution in [0.3, 0.4) is 0 Å². The van der Waals surface area contributed by atoms with Crippen molar-refractivity contribution in [2.75, 3.05) is 7.11 Å². The predicted molar refractivity (Wildman–Crippen MR) is 55.2 cm³/mol. The van der Waals surface area contributed by atoms with Gasteiger partial charge < -0.3 is 9.15 Å². The third-order valence-electron chi connectivity index (χ3n) is 2.02. The van der Waals surface area contributed by atoms with Crippen LogP contribution in [-0.2, 0) is 0 Å². The van der Waals surface area contributed by atoms with Crippen molar-refractivity contribution in [3.63, 3.8) is 0 Å². The normalized spacial score (nSPS) is 10.7. The molecule has 13 heavy (non-hydrogen) atoms. The van der Waals surface area contributed by atoms with E-state index in [1.54, 1.807) is 13.4 Å². The maximum Gasteiger partial charge on any atom is 0.176 e. The lowest BCUT2D eigenvalue weighted by atomic mass is 10.2. The van der Waals surface area contributed by atoms with E-state index in [1.807, 2.05) is 19.1 Å². The predicted octanol–water partition coefficient (Wildman–Crippen LogP) is 3.51. The molecule has 0 bridgehead atoms. The lowest BCUT2D eigenvalue weighted by molar-refractivity contribution is 0.410. The molecule has 0 spiro atoms. The molecule has 2 aromatic rings. The van der Waals surface area contributed by atoms with Crippen LogP contribution < -0.4 is 4.74 Å². The molecule has 0 amide bonds. The van der Waals surface area contributed by atoms with E-state index in [0.29, 0.717) is 0 Å². The molecule has 0 unspecified atom stereocenters. The highest BCUT2D eigenvalue weighted by atomic mass is 79.9. The minimum atomic E-state index is 0.762. The smallest absolute Gasteiger partial charge is 0.176 e. The maximum atomic E-state index is 5.38. The SMILES string of the molecule is COc1cc(Br)cc2c(C)coc12. The van der Waals surface area contributed by atoms with Crippen LogP contribution in [0.2, 0.25) is 0 Å². The monoisotopic (exact) mass is 240 g/mol. The molecule has 1 aromatic carbocycles. The highest BCUT2D eigenvalue weighted by Gasteiger charge is 2.08. The number of halogens is 1. The number of furan rings is 1. The number of aryl methyl sites for hydroxylation is 1. The largest absolute Gasteiger partial charge is 0.493 e. The molecular formula is C10H9BrO2. The van der Waals surface area contributed by atoms with Crippen LogP contribution in [0.5, 0.6) is 5.75 Å². The van der Waals surface area contributed by atoms with Gasteiger partial charge in [0.1, 0.15) is 0 Å². The Hall–Kier alpha value is -0.960. The van der Waals surface area contributed by atoms with Gasteiger partial charge in [0, 0.05) is 9.86 Å². The first kappa shape index (κ1) is 8.63. The van der Waals surface area contributed by atoms with Crippen molar-refractivity contribution in [1.82, 2.24) is 0 Å². The van der Waals surface area contributed by atoms with Gasteiger partial charge in [-0.2, -0.15) is 0 Å². The molecule has 2 nitrogen and oxygen atoms in total. The van der Waals surface area contributed by atoms with E-state index in [9.17, 15) is 0 Å². The Morgan fingerprint density at radius 2 is 2.15 bits per heavy atom. The van der Waals surface area contributed by atoms with Crippen LogP contribution >= 0.6 is 15.9 Å². The Labute approximate surface area is 84.6 Å². The minimum Gasteiger partial charge on any atom is -0.493 e. The lowest BCUT2D eigenvalue weighted by Gasteiger charge is -2.01. The van der Waals surface area contributed by atoms with Gasteiger partial charge >= 0.3 is 0 Å². The van der Waals surface area contributed by atoms with E-state index in [-0.39, 0.29) is 0 Å². The number of hydrogen-bond donors (Lipinski definition) is 0. The van der Waals surface area contributed by atoms with Gasteiger partial charge in [-0.15, -0.1) is 0 Å². The van der Waals surface area contributed by atoms with Crippen LogP contribution in [0.4, 0.5) is 0 Å². The van der Waals surface area contributed by atoms with Crippen LogP contribution in [0.15, 0.2) is 27.3 Å². The molecule has 0 aliphatic heterocycles. The van der Waals surface area contributed by atoms with Gasteiger partial charge in [0.15, 0.2) is 11.3 Å². The van der Waals surface area contributed by atoms with Crippen LogP contribution in [-0.4, -0.2) is 7.11 Å². The molecule has 0 radical (unpaired) electrons. The van der Waals surface area contributed by atoms with E-state index in [0.717, 1.165) is 26.8 Å². The van der Waals surface area contributed by atoms with Crippen LogP contribution in [0.1, 0.15) is 5.56 Å². The second-order valence-electron chi connectivity index (χ2n) is 2.90. The summed E-state index contributed by atoms with van der Waals surface area (Å²) >= 11 is 3.42. The molecular weight excluding hydrogens is 232 g/mol. The Bertz CT molecular complexity index is 445. The molecule has 0 saturated carbocycles. The summed E-state index contributed by atoms with van der Waals surface area (Å²) in [7, 11) is 1.64. The highest BCUT2D eigenvalue weighted by Crippen LogP contribution is 2.32.